The first kappa shape index (κ1) is 14.1. The molecule has 9 nitrogen and oxygen atoms in total. The molecule has 0 spiro atoms. The molecule has 2 rings (SSSR count). The zero-order chi connectivity index (χ0) is 14.7. The van der Waals surface area contributed by atoms with Gasteiger partial charge in [-0.15, -0.1) is 0 Å². The van der Waals surface area contributed by atoms with E-state index in [1.165, 1.54) is 11.7 Å². The van der Waals surface area contributed by atoms with Crippen LogP contribution in [0.2, 0.25) is 0 Å². The van der Waals surface area contributed by atoms with E-state index in [0.29, 0.717) is 13.2 Å². The Morgan fingerprint density at radius 3 is 2.80 bits per heavy atom. The molecule has 1 aliphatic rings. The van der Waals surface area contributed by atoms with Crippen molar-refractivity contribution in [2.24, 2.45) is 0 Å². The van der Waals surface area contributed by atoms with Crippen LogP contribution in [0.3, 0.4) is 0 Å². The number of methoxy groups -OCH3 is 1. The maximum atomic E-state index is 11.8. The van der Waals surface area contributed by atoms with Crippen LogP contribution in [0.5, 0.6) is 0 Å². The highest BCUT2D eigenvalue weighted by molar-refractivity contribution is 5.80. The Kier molecular flexibility index (Phi) is 4.08. The van der Waals surface area contributed by atoms with Crippen molar-refractivity contribution in [1.29, 1.82) is 0 Å². The van der Waals surface area contributed by atoms with E-state index in [1.807, 2.05) is 0 Å². The zero-order valence-electron chi connectivity index (χ0n) is 11.1. The lowest BCUT2D eigenvalue weighted by Gasteiger charge is -2.16. The summed E-state index contributed by atoms with van der Waals surface area (Å²) < 4.78 is 6.11. The molecule has 1 unspecified atom stereocenters. The van der Waals surface area contributed by atoms with Gasteiger partial charge in [-0.1, -0.05) is 0 Å². The van der Waals surface area contributed by atoms with E-state index in [0.717, 1.165) is 0 Å². The summed E-state index contributed by atoms with van der Waals surface area (Å²) in [6.07, 6.45) is 0.260. The molecule has 0 aromatic carbocycles. The maximum absolute atomic E-state index is 11.8. The number of nitrogens with zero attached hydrogens (tertiary/aromatic N) is 1. The van der Waals surface area contributed by atoms with Gasteiger partial charge in [0.2, 0.25) is 5.91 Å². The van der Waals surface area contributed by atoms with Gasteiger partial charge < -0.3 is 21.1 Å². The minimum Gasteiger partial charge on any atom is -0.383 e. The first-order chi connectivity index (χ1) is 9.52. The molecule has 1 aliphatic heterocycles. The highest BCUT2D eigenvalue weighted by Crippen LogP contribution is 2.14. The third-order valence-electron chi connectivity index (χ3n) is 3.08. The van der Waals surface area contributed by atoms with Crippen molar-refractivity contribution in [3.8, 4) is 0 Å². The second-order valence-electron chi connectivity index (χ2n) is 4.51. The van der Waals surface area contributed by atoms with Gasteiger partial charge in [0.25, 0.3) is 5.56 Å². The molecule has 5 N–H and O–H groups in total. The van der Waals surface area contributed by atoms with Crippen LogP contribution in [0.25, 0.3) is 0 Å². The third kappa shape index (κ3) is 2.82. The average molecular weight is 283 g/mol. The summed E-state index contributed by atoms with van der Waals surface area (Å²) in [6.45, 7) is 0.933. The number of carbonyl (C=O) groups excluding carboxylic acids is 1. The Bertz CT molecular complexity index is 620. The summed E-state index contributed by atoms with van der Waals surface area (Å²) in [5.74, 6) is -0.0552. The van der Waals surface area contributed by atoms with Gasteiger partial charge in [-0.3, -0.25) is 19.1 Å². The van der Waals surface area contributed by atoms with Gasteiger partial charge in [-0.25, -0.2) is 4.79 Å². The molecule has 1 atom stereocenters. The molecular weight excluding hydrogens is 266 g/mol. The van der Waals surface area contributed by atoms with Crippen molar-refractivity contribution in [3.63, 3.8) is 0 Å². The van der Waals surface area contributed by atoms with Crippen molar-refractivity contribution in [2.75, 3.05) is 31.3 Å². The molecule has 1 aromatic heterocycles. The summed E-state index contributed by atoms with van der Waals surface area (Å²) in [6, 6.07) is -0.223. The Labute approximate surface area is 114 Å². The molecule has 0 saturated carbocycles. The number of hydrogen-bond donors (Lipinski definition) is 4. The van der Waals surface area contributed by atoms with E-state index in [2.05, 4.69) is 15.6 Å². The molecule has 1 aromatic rings. The number of H-pyrrole nitrogens is 1. The monoisotopic (exact) mass is 283 g/mol. The summed E-state index contributed by atoms with van der Waals surface area (Å²) in [7, 11) is 1.50. The molecule has 1 fully saturated rings. The lowest BCUT2D eigenvalue weighted by Crippen LogP contribution is -2.37. The van der Waals surface area contributed by atoms with Crippen LogP contribution in [0.1, 0.15) is 6.42 Å². The third-order valence-corrected chi connectivity index (χ3v) is 3.08. The standard InChI is InChI=1S/C11H17N5O4/c1-20-3-2-16-9(12)8(10(18)15-11(16)19)14-6-4-7(17)13-5-6/h6,14H,2-5,12H2,1H3,(H,13,17)(H,15,18,19). The topological polar surface area (TPSA) is 131 Å². The lowest BCUT2D eigenvalue weighted by atomic mass is 10.2. The second-order valence-corrected chi connectivity index (χ2v) is 4.51. The number of nitrogen functional groups attached to an aromatic ring is 1. The van der Waals surface area contributed by atoms with Crippen molar-refractivity contribution < 1.29 is 9.53 Å². The largest absolute Gasteiger partial charge is 0.383 e. The maximum Gasteiger partial charge on any atom is 0.330 e. The fraction of sp³-hybridized carbons (Fsp3) is 0.545. The van der Waals surface area contributed by atoms with Gasteiger partial charge in [-0.2, -0.15) is 0 Å². The number of nitrogens with one attached hydrogen (secondary N) is 3. The number of hydrogen-bond acceptors (Lipinski definition) is 6. The van der Waals surface area contributed by atoms with Crippen molar-refractivity contribution in [3.05, 3.63) is 20.8 Å². The van der Waals surface area contributed by atoms with E-state index in [-0.39, 0.29) is 36.4 Å². The molecule has 0 bridgehead atoms. The van der Waals surface area contributed by atoms with Gasteiger partial charge in [0.05, 0.1) is 19.2 Å². The number of carbonyl (C=O) groups is 1. The molecule has 9 heteroatoms. The number of nitrogens with two attached hydrogens (primary N) is 1. The molecule has 0 aliphatic carbocycles. The second kappa shape index (κ2) is 5.78. The first-order valence-corrected chi connectivity index (χ1v) is 6.17. The van der Waals surface area contributed by atoms with Gasteiger partial charge in [0, 0.05) is 20.1 Å². The van der Waals surface area contributed by atoms with Gasteiger partial charge in [-0.05, 0) is 0 Å². The molecule has 1 amide bonds. The Morgan fingerprint density at radius 2 is 2.20 bits per heavy atom. The van der Waals surface area contributed by atoms with E-state index in [9.17, 15) is 14.4 Å². The summed E-state index contributed by atoms with van der Waals surface area (Å²) in [5, 5.41) is 5.55. The molecule has 110 valence electrons. The van der Waals surface area contributed by atoms with Crippen LogP contribution in [0.4, 0.5) is 11.5 Å². The smallest absolute Gasteiger partial charge is 0.330 e. The molecule has 2 heterocycles. The number of anilines is 2. The van der Waals surface area contributed by atoms with Gasteiger partial charge >= 0.3 is 5.69 Å². The number of rotatable bonds is 5. The minimum absolute atomic E-state index is 0.0372. The number of aromatic nitrogens is 2. The van der Waals surface area contributed by atoms with Crippen molar-refractivity contribution >= 4 is 17.4 Å². The highest BCUT2D eigenvalue weighted by Gasteiger charge is 2.23. The fourth-order valence-electron chi connectivity index (χ4n) is 2.04. The predicted octanol–water partition coefficient (Wildman–Crippen LogP) is -1.93. The number of amides is 1. The lowest BCUT2D eigenvalue weighted by molar-refractivity contribution is -0.119. The SMILES string of the molecule is COCCn1c(N)c(NC2CNC(=O)C2)c(=O)[nH]c1=O. The van der Waals surface area contributed by atoms with Crippen LogP contribution in [-0.4, -0.2) is 41.8 Å². The number of ether oxygens (including phenoxy) is 1. The van der Waals surface area contributed by atoms with Crippen LogP contribution in [0.15, 0.2) is 9.59 Å². The normalized spacial score (nSPS) is 18.1. The molecule has 1 saturated heterocycles. The van der Waals surface area contributed by atoms with E-state index >= 15 is 0 Å². The average Bonchev–Trinajstić information content (AvgIpc) is 2.80. The molecular formula is C11H17N5O4. The zero-order valence-corrected chi connectivity index (χ0v) is 11.1. The molecule has 20 heavy (non-hydrogen) atoms. The summed E-state index contributed by atoms with van der Waals surface area (Å²) >= 11 is 0. The quantitative estimate of drug-likeness (QED) is 0.497. The van der Waals surface area contributed by atoms with Crippen LogP contribution >= 0.6 is 0 Å². The van der Waals surface area contributed by atoms with Crippen LogP contribution in [-0.2, 0) is 16.1 Å². The highest BCUT2D eigenvalue weighted by atomic mass is 16.5. The van der Waals surface area contributed by atoms with Crippen LogP contribution < -0.4 is 27.6 Å². The Hall–Kier alpha value is -2.29. The van der Waals surface area contributed by atoms with E-state index < -0.39 is 11.2 Å². The molecule has 0 radical (unpaired) electrons. The predicted molar refractivity (Wildman–Crippen MR) is 72.6 cm³/mol. The summed E-state index contributed by atoms with van der Waals surface area (Å²) in [4.78, 5) is 36.8. The van der Waals surface area contributed by atoms with Crippen molar-refractivity contribution in [2.45, 2.75) is 19.0 Å². The Balaban J connectivity index is 2.30. The van der Waals surface area contributed by atoms with E-state index in [1.54, 1.807) is 0 Å². The number of aromatic amines is 1. The van der Waals surface area contributed by atoms with Crippen LogP contribution in [0, 0.1) is 0 Å². The Morgan fingerprint density at radius 1 is 1.45 bits per heavy atom. The summed E-state index contributed by atoms with van der Waals surface area (Å²) in [5.41, 5.74) is 4.77. The van der Waals surface area contributed by atoms with Crippen molar-refractivity contribution in [1.82, 2.24) is 14.9 Å². The first-order valence-electron chi connectivity index (χ1n) is 6.17. The minimum atomic E-state index is -0.597. The van der Waals surface area contributed by atoms with E-state index in [4.69, 9.17) is 10.5 Å². The fourth-order valence-corrected chi connectivity index (χ4v) is 2.04. The van der Waals surface area contributed by atoms with Gasteiger partial charge in [0.1, 0.15) is 11.5 Å². The van der Waals surface area contributed by atoms with Gasteiger partial charge in [0.15, 0.2) is 0 Å².